The average Bonchev–Trinajstić information content (AvgIpc) is 2.42. The lowest BCUT2D eigenvalue weighted by atomic mass is 10.3. The predicted octanol–water partition coefficient (Wildman–Crippen LogP) is 4.40. The van der Waals surface area contributed by atoms with Crippen LogP contribution in [0.15, 0.2) is 30.5 Å². The summed E-state index contributed by atoms with van der Waals surface area (Å²) < 4.78 is 5.60. The number of nitrogens with one attached hydrogen (secondary N) is 1. The molecule has 6 heteroatoms. The van der Waals surface area contributed by atoms with E-state index in [-0.39, 0.29) is 0 Å². The van der Waals surface area contributed by atoms with E-state index in [4.69, 9.17) is 27.9 Å². The number of rotatable bonds is 5. The highest BCUT2D eigenvalue weighted by atomic mass is 35.5. The molecule has 1 N–H and O–H groups in total. The minimum absolute atomic E-state index is 0.367. The molecule has 1 aromatic carbocycles. The number of nitrogens with zero attached hydrogens (tertiary/aromatic N) is 2. The Kier molecular flexibility index (Phi) is 4.82. The quantitative estimate of drug-likeness (QED) is 0.889. The van der Waals surface area contributed by atoms with E-state index in [1.54, 1.807) is 30.5 Å². The van der Waals surface area contributed by atoms with Crippen molar-refractivity contribution in [3.63, 3.8) is 0 Å². The Labute approximate surface area is 121 Å². The number of ether oxygens (including phenoxy) is 1. The van der Waals surface area contributed by atoms with Crippen LogP contribution < -0.4 is 10.1 Å². The number of hydrogen-bond acceptors (Lipinski definition) is 4. The summed E-state index contributed by atoms with van der Waals surface area (Å²) in [6.45, 7) is 2.88. The monoisotopic (exact) mass is 297 g/mol. The maximum atomic E-state index is 6.05. The molecule has 4 nitrogen and oxygen atoms in total. The minimum Gasteiger partial charge on any atom is -0.437 e. The van der Waals surface area contributed by atoms with Gasteiger partial charge in [0.2, 0.25) is 11.8 Å². The molecule has 0 fully saturated rings. The Hall–Kier alpha value is -1.52. The molecule has 1 aromatic heterocycles. The summed E-state index contributed by atoms with van der Waals surface area (Å²) in [6, 6.07) is 6.86. The first-order valence-electron chi connectivity index (χ1n) is 5.89. The molecular weight excluding hydrogens is 285 g/mol. The summed E-state index contributed by atoms with van der Waals surface area (Å²) in [5.74, 6) is 1.41. The normalized spacial score (nSPS) is 10.3. The number of hydrogen-bond donors (Lipinski definition) is 1. The lowest BCUT2D eigenvalue weighted by Crippen LogP contribution is -2.04. The van der Waals surface area contributed by atoms with Gasteiger partial charge in [-0.3, -0.25) is 0 Å². The Morgan fingerprint density at radius 2 is 2.11 bits per heavy atom. The van der Waals surface area contributed by atoms with Crippen molar-refractivity contribution in [2.45, 2.75) is 13.3 Å². The van der Waals surface area contributed by atoms with Crippen molar-refractivity contribution in [3.05, 3.63) is 40.5 Å². The van der Waals surface area contributed by atoms with E-state index in [2.05, 4.69) is 22.2 Å². The van der Waals surface area contributed by atoms with Crippen LogP contribution >= 0.6 is 23.2 Å². The fraction of sp³-hybridized carbons (Fsp3) is 0.231. The molecule has 2 rings (SSSR count). The SMILES string of the molecule is CCCNc1nccc(Oc2cccc(Cl)c2Cl)n1. The third-order valence-corrected chi connectivity index (χ3v) is 3.10. The molecule has 0 radical (unpaired) electrons. The molecular formula is C13H13Cl2N3O. The van der Waals surface area contributed by atoms with Crippen LogP contribution in [0.2, 0.25) is 10.0 Å². The topological polar surface area (TPSA) is 47.0 Å². The standard InChI is InChI=1S/C13H13Cl2N3O/c1-2-7-16-13-17-8-6-11(18-13)19-10-5-3-4-9(14)12(10)15/h3-6,8H,2,7H2,1H3,(H,16,17,18). The van der Waals surface area contributed by atoms with Gasteiger partial charge in [-0.05, 0) is 18.6 Å². The first kappa shape index (κ1) is 13.9. The van der Waals surface area contributed by atoms with Gasteiger partial charge in [0.05, 0.1) is 5.02 Å². The highest BCUT2D eigenvalue weighted by Gasteiger charge is 2.08. The third kappa shape index (κ3) is 3.72. The smallest absolute Gasteiger partial charge is 0.225 e. The highest BCUT2D eigenvalue weighted by molar-refractivity contribution is 6.42. The first-order chi connectivity index (χ1) is 9.20. The number of aromatic nitrogens is 2. The molecule has 1 heterocycles. The van der Waals surface area contributed by atoms with Gasteiger partial charge in [-0.25, -0.2) is 4.98 Å². The van der Waals surface area contributed by atoms with Crippen molar-refractivity contribution in [2.75, 3.05) is 11.9 Å². The second kappa shape index (κ2) is 6.59. The van der Waals surface area contributed by atoms with Crippen LogP contribution in [0.1, 0.15) is 13.3 Å². The number of halogens is 2. The molecule has 0 aliphatic heterocycles. The molecule has 0 saturated heterocycles. The molecule has 100 valence electrons. The summed E-state index contributed by atoms with van der Waals surface area (Å²) in [4.78, 5) is 8.33. The van der Waals surface area contributed by atoms with Crippen LogP contribution in [-0.4, -0.2) is 16.5 Å². The number of benzene rings is 1. The molecule has 0 spiro atoms. The van der Waals surface area contributed by atoms with Crippen LogP contribution in [0.3, 0.4) is 0 Å². The van der Waals surface area contributed by atoms with Crippen molar-refractivity contribution < 1.29 is 4.74 Å². The van der Waals surface area contributed by atoms with Gasteiger partial charge < -0.3 is 10.1 Å². The molecule has 0 aliphatic carbocycles. The second-order valence-corrected chi connectivity index (χ2v) is 4.58. The zero-order chi connectivity index (χ0) is 13.7. The summed E-state index contributed by atoms with van der Waals surface area (Å²) >= 11 is 12.0. The molecule has 0 atom stereocenters. The lowest BCUT2D eigenvalue weighted by Gasteiger charge is -2.08. The molecule has 0 saturated carbocycles. The van der Waals surface area contributed by atoms with Crippen molar-refractivity contribution in [3.8, 4) is 11.6 Å². The number of anilines is 1. The molecule has 0 amide bonds. The average molecular weight is 298 g/mol. The van der Waals surface area contributed by atoms with Gasteiger partial charge in [-0.2, -0.15) is 4.98 Å². The fourth-order valence-electron chi connectivity index (χ4n) is 1.40. The van der Waals surface area contributed by atoms with Gasteiger partial charge in [0.25, 0.3) is 0 Å². The minimum atomic E-state index is 0.367. The molecule has 0 bridgehead atoms. The van der Waals surface area contributed by atoms with Crippen LogP contribution in [-0.2, 0) is 0 Å². The van der Waals surface area contributed by atoms with Gasteiger partial charge in [0.15, 0.2) is 0 Å². The van der Waals surface area contributed by atoms with E-state index in [1.165, 1.54) is 0 Å². The third-order valence-electron chi connectivity index (χ3n) is 2.29. The van der Waals surface area contributed by atoms with E-state index in [9.17, 15) is 0 Å². The zero-order valence-corrected chi connectivity index (χ0v) is 11.9. The molecule has 0 aliphatic rings. The fourth-order valence-corrected chi connectivity index (χ4v) is 1.73. The van der Waals surface area contributed by atoms with Crippen LogP contribution in [0.5, 0.6) is 11.6 Å². The summed E-state index contributed by atoms with van der Waals surface area (Å²) in [5, 5.41) is 3.89. The maximum absolute atomic E-state index is 6.05. The largest absolute Gasteiger partial charge is 0.437 e. The summed E-state index contributed by atoms with van der Waals surface area (Å²) in [6.07, 6.45) is 2.62. The maximum Gasteiger partial charge on any atom is 0.225 e. The van der Waals surface area contributed by atoms with Gasteiger partial charge in [0.1, 0.15) is 10.8 Å². The molecule has 2 aromatic rings. The van der Waals surface area contributed by atoms with Gasteiger partial charge in [0, 0.05) is 18.8 Å². The van der Waals surface area contributed by atoms with E-state index < -0.39 is 0 Å². The van der Waals surface area contributed by atoms with Crippen molar-refractivity contribution in [2.24, 2.45) is 0 Å². The Morgan fingerprint density at radius 1 is 1.26 bits per heavy atom. The van der Waals surface area contributed by atoms with E-state index >= 15 is 0 Å². The van der Waals surface area contributed by atoms with Gasteiger partial charge in [-0.15, -0.1) is 0 Å². The van der Waals surface area contributed by atoms with Crippen LogP contribution in [0.25, 0.3) is 0 Å². The van der Waals surface area contributed by atoms with Crippen molar-refractivity contribution >= 4 is 29.2 Å². The Balaban J connectivity index is 2.16. The Morgan fingerprint density at radius 3 is 2.89 bits per heavy atom. The summed E-state index contributed by atoms with van der Waals surface area (Å²) in [7, 11) is 0. The van der Waals surface area contributed by atoms with Crippen molar-refractivity contribution in [1.29, 1.82) is 0 Å². The molecule has 0 unspecified atom stereocenters. The van der Waals surface area contributed by atoms with E-state index in [0.717, 1.165) is 13.0 Å². The Bertz CT molecular complexity index is 563. The summed E-state index contributed by atoms with van der Waals surface area (Å²) in [5.41, 5.74) is 0. The van der Waals surface area contributed by atoms with E-state index in [0.29, 0.717) is 27.6 Å². The van der Waals surface area contributed by atoms with Gasteiger partial charge in [-0.1, -0.05) is 36.2 Å². The van der Waals surface area contributed by atoms with Crippen LogP contribution in [0, 0.1) is 0 Å². The molecule has 19 heavy (non-hydrogen) atoms. The zero-order valence-electron chi connectivity index (χ0n) is 10.4. The van der Waals surface area contributed by atoms with Crippen LogP contribution in [0.4, 0.5) is 5.95 Å². The predicted molar refractivity (Wildman–Crippen MR) is 77.3 cm³/mol. The lowest BCUT2D eigenvalue weighted by molar-refractivity contribution is 0.462. The second-order valence-electron chi connectivity index (χ2n) is 3.80. The van der Waals surface area contributed by atoms with Gasteiger partial charge >= 0.3 is 0 Å². The first-order valence-corrected chi connectivity index (χ1v) is 6.65. The van der Waals surface area contributed by atoms with Crippen molar-refractivity contribution in [1.82, 2.24) is 9.97 Å². The van der Waals surface area contributed by atoms with E-state index in [1.807, 2.05) is 0 Å². The highest BCUT2D eigenvalue weighted by Crippen LogP contribution is 2.33.